The number of hydrogen-bond acceptors (Lipinski definition) is 2. The Bertz CT molecular complexity index is 538. The Balaban J connectivity index is 2.44. The van der Waals surface area contributed by atoms with E-state index in [1.165, 1.54) is 30.3 Å². The van der Waals surface area contributed by atoms with Crippen molar-refractivity contribution >= 4 is 17.1 Å². The quantitative estimate of drug-likeness (QED) is 0.839. The Labute approximate surface area is 105 Å². The Morgan fingerprint density at radius 2 is 1.61 bits per heavy atom. The van der Waals surface area contributed by atoms with Crippen molar-refractivity contribution in [3.8, 4) is 0 Å². The smallest absolute Gasteiger partial charge is 0.125 e. The normalized spacial score (nSPS) is 10.4. The number of benzene rings is 2. The number of anilines is 3. The monoisotopic (exact) mass is 248 g/mol. The van der Waals surface area contributed by atoms with E-state index < -0.39 is 0 Å². The van der Waals surface area contributed by atoms with Gasteiger partial charge in [0.25, 0.3) is 0 Å². The van der Waals surface area contributed by atoms with Crippen LogP contribution in [0.5, 0.6) is 0 Å². The van der Waals surface area contributed by atoms with E-state index in [1.54, 1.807) is 12.1 Å². The third kappa shape index (κ3) is 2.42. The Hall–Kier alpha value is -2.10. The average Bonchev–Trinajstić information content (AvgIpc) is 2.37. The molecule has 0 fully saturated rings. The van der Waals surface area contributed by atoms with Crippen LogP contribution in [0.25, 0.3) is 0 Å². The highest BCUT2D eigenvalue weighted by atomic mass is 19.1. The summed E-state index contributed by atoms with van der Waals surface area (Å²) in [5, 5.41) is 0. The number of rotatable bonds is 3. The van der Waals surface area contributed by atoms with Crippen molar-refractivity contribution in [1.29, 1.82) is 0 Å². The molecule has 0 amide bonds. The molecule has 2 nitrogen and oxygen atoms in total. The fraction of sp³-hybridized carbons (Fsp3) is 0.143. The van der Waals surface area contributed by atoms with Gasteiger partial charge in [-0.3, -0.25) is 0 Å². The Kier molecular flexibility index (Phi) is 3.46. The maximum absolute atomic E-state index is 13.3. The lowest BCUT2D eigenvalue weighted by molar-refractivity contribution is 0.626. The minimum absolute atomic E-state index is 0.304. The molecule has 4 heteroatoms. The molecule has 2 aromatic rings. The summed E-state index contributed by atoms with van der Waals surface area (Å²) in [6, 6.07) is 10.2. The van der Waals surface area contributed by atoms with Crippen LogP contribution >= 0.6 is 0 Å². The van der Waals surface area contributed by atoms with Crippen molar-refractivity contribution < 1.29 is 8.78 Å². The highest BCUT2D eigenvalue weighted by Gasteiger charge is 2.11. The van der Waals surface area contributed by atoms with Crippen molar-refractivity contribution in [2.75, 3.05) is 17.2 Å². The van der Waals surface area contributed by atoms with E-state index >= 15 is 0 Å². The molecule has 0 atom stereocenters. The van der Waals surface area contributed by atoms with Crippen molar-refractivity contribution in [3.63, 3.8) is 0 Å². The van der Waals surface area contributed by atoms with Gasteiger partial charge in [0.15, 0.2) is 0 Å². The predicted molar refractivity (Wildman–Crippen MR) is 69.9 cm³/mol. The molecule has 0 bridgehead atoms. The average molecular weight is 248 g/mol. The van der Waals surface area contributed by atoms with Gasteiger partial charge in [0, 0.05) is 12.2 Å². The molecule has 2 aromatic carbocycles. The summed E-state index contributed by atoms with van der Waals surface area (Å²) >= 11 is 0. The molecule has 2 N–H and O–H groups in total. The van der Waals surface area contributed by atoms with Crippen LogP contribution in [-0.2, 0) is 0 Å². The third-order valence-corrected chi connectivity index (χ3v) is 2.74. The summed E-state index contributed by atoms with van der Waals surface area (Å²) in [4.78, 5) is 1.83. The lowest BCUT2D eigenvalue weighted by atomic mass is 10.2. The van der Waals surface area contributed by atoms with Crippen LogP contribution in [0.15, 0.2) is 42.5 Å². The molecule has 0 spiro atoms. The van der Waals surface area contributed by atoms with Crippen LogP contribution in [0.2, 0.25) is 0 Å². The van der Waals surface area contributed by atoms with E-state index in [4.69, 9.17) is 5.73 Å². The predicted octanol–water partition coefficient (Wildman–Crippen LogP) is 3.71. The molecule has 0 aliphatic heterocycles. The minimum Gasteiger partial charge on any atom is -0.397 e. The molecule has 2 rings (SSSR count). The molecule has 0 saturated heterocycles. The zero-order valence-corrected chi connectivity index (χ0v) is 10.0. The van der Waals surface area contributed by atoms with Crippen molar-refractivity contribution in [2.45, 2.75) is 6.92 Å². The second kappa shape index (κ2) is 5.04. The fourth-order valence-electron chi connectivity index (χ4n) is 1.86. The van der Waals surface area contributed by atoms with Crippen LogP contribution in [-0.4, -0.2) is 6.54 Å². The highest BCUT2D eigenvalue weighted by Crippen LogP contribution is 2.30. The molecule has 18 heavy (non-hydrogen) atoms. The molecule has 94 valence electrons. The summed E-state index contributed by atoms with van der Waals surface area (Å²) in [6.07, 6.45) is 0. The summed E-state index contributed by atoms with van der Waals surface area (Å²) in [5.74, 6) is -0.651. The van der Waals surface area contributed by atoms with Gasteiger partial charge in [-0.05, 0) is 49.4 Å². The molecule has 0 unspecified atom stereocenters. The van der Waals surface area contributed by atoms with E-state index in [0.717, 1.165) is 5.69 Å². The van der Waals surface area contributed by atoms with Gasteiger partial charge in [-0.25, -0.2) is 8.78 Å². The van der Waals surface area contributed by atoms with Crippen LogP contribution in [0.4, 0.5) is 25.8 Å². The van der Waals surface area contributed by atoms with E-state index in [2.05, 4.69) is 0 Å². The first-order valence-corrected chi connectivity index (χ1v) is 5.70. The highest BCUT2D eigenvalue weighted by molar-refractivity contribution is 5.74. The van der Waals surface area contributed by atoms with Crippen LogP contribution in [0.3, 0.4) is 0 Å². The van der Waals surface area contributed by atoms with Crippen molar-refractivity contribution in [3.05, 3.63) is 54.1 Å². The number of nitrogens with zero attached hydrogens (tertiary/aromatic N) is 1. The van der Waals surface area contributed by atoms with E-state index in [-0.39, 0.29) is 11.6 Å². The van der Waals surface area contributed by atoms with Gasteiger partial charge in [0.1, 0.15) is 11.6 Å². The van der Waals surface area contributed by atoms with E-state index in [0.29, 0.717) is 17.9 Å². The molecule has 0 aliphatic rings. The second-order valence-electron chi connectivity index (χ2n) is 3.92. The van der Waals surface area contributed by atoms with Crippen molar-refractivity contribution in [2.24, 2.45) is 0 Å². The Morgan fingerprint density at radius 3 is 2.22 bits per heavy atom. The molecule has 0 saturated carbocycles. The summed E-state index contributed by atoms with van der Waals surface area (Å²) in [6.45, 7) is 2.53. The zero-order chi connectivity index (χ0) is 13.1. The minimum atomic E-state index is -0.347. The van der Waals surface area contributed by atoms with Gasteiger partial charge in [-0.2, -0.15) is 0 Å². The van der Waals surface area contributed by atoms with Gasteiger partial charge in [-0.15, -0.1) is 0 Å². The maximum Gasteiger partial charge on any atom is 0.125 e. The first-order valence-electron chi connectivity index (χ1n) is 5.70. The maximum atomic E-state index is 13.3. The van der Waals surface area contributed by atoms with Crippen LogP contribution in [0.1, 0.15) is 6.92 Å². The van der Waals surface area contributed by atoms with Gasteiger partial charge in [-0.1, -0.05) is 0 Å². The first kappa shape index (κ1) is 12.4. The van der Waals surface area contributed by atoms with Crippen LogP contribution in [0, 0.1) is 11.6 Å². The molecule has 0 aliphatic carbocycles. The molecule has 0 radical (unpaired) electrons. The second-order valence-corrected chi connectivity index (χ2v) is 3.92. The van der Waals surface area contributed by atoms with Crippen molar-refractivity contribution in [1.82, 2.24) is 0 Å². The number of halogens is 2. The lowest BCUT2D eigenvalue weighted by Crippen LogP contribution is -2.17. The van der Waals surface area contributed by atoms with Gasteiger partial charge >= 0.3 is 0 Å². The van der Waals surface area contributed by atoms with E-state index in [9.17, 15) is 8.78 Å². The molecular formula is C14H14F2N2. The largest absolute Gasteiger partial charge is 0.397 e. The number of hydrogen-bond donors (Lipinski definition) is 1. The number of nitrogens with two attached hydrogens (primary N) is 1. The standard InChI is InChI=1S/C14H14F2N2/c1-2-18(12-6-3-10(15)4-7-12)14-9-11(16)5-8-13(14)17/h3-9H,2,17H2,1H3. The van der Waals surface area contributed by atoms with Gasteiger partial charge < -0.3 is 10.6 Å². The summed E-state index contributed by atoms with van der Waals surface area (Å²) < 4.78 is 26.2. The molecule has 0 heterocycles. The lowest BCUT2D eigenvalue weighted by Gasteiger charge is -2.24. The van der Waals surface area contributed by atoms with E-state index in [1.807, 2.05) is 11.8 Å². The van der Waals surface area contributed by atoms with Gasteiger partial charge in [0.2, 0.25) is 0 Å². The molecular weight excluding hydrogens is 234 g/mol. The summed E-state index contributed by atoms with van der Waals surface area (Å²) in [5.41, 5.74) is 7.70. The topological polar surface area (TPSA) is 29.3 Å². The summed E-state index contributed by atoms with van der Waals surface area (Å²) in [7, 11) is 0. The third-order valence-electron chi connectivity index (χ3n) is 2.74. The molecule has 0 aromatic heterocycles. The van der Waals surface area contributed by atoms with Crippen LogP contribution < -0.4 is 10.6 Å². The Morgan fingerprint density at radius 1 is 1.00 bits per heavy atom. The fourth-order valence-corrected chi connectivity index (χ4v) is 1.86. The SMILES string of the molecule is CCN(c1ccc(F)cc1)c1cc(F)ccc1N. The zero-order valence-electron chi connectivity index (χ0n) is 10.0. The first-order chi connectivity index (χ1) is 8.61. The number of nitrogen functional groups attached to an aromatic ring is 1. The van der Waals surface area contributed by atoms with Gasteiger partial charge in [0.05, 0.1) is 11.4 Å².